The number of carbonyl (C=O) groups is 1. The zero-order chi connectivity index (χ0) is 14.8. The SMILES string of the molecule is CC(=O)C1CCCN(Cc2cc(C)nc3ccccc23)C1. The van der Waals surface area contributed by atoms with E-state index in [2.05, 4.69) is 34.1 Å². The molecule has 0 saturated carbocycles. The van der Waals surface area contributed by atoms with Gasteiger partial charge in [-0.2, -0.15) is 0 Å². The number of hydrogen-bond acceptors (Lipinski definition) is 3. The first-order valence-corrected chi connectivity index (χ1v) is 7.71. The van der Waals surface area contributed by atoms with E-state index in [1.54, 1.807) is 6.92 Å². The van der Waals surface area contributed by atoms with Crippen LogP contribution in [-0.2, 0) is 11.3 Å². The van der Waals surface area contributed by atoms with Gasteiger partial charge in [0.05, 0.1) is 5.52 Å². The molecule has 1 aliphatic rings. The second-order valence-corrected chi connectivity index (χ2v) is 6.12. The monoisotopic (exact) mass is 282 g/mol. The molecular formula is C18H22N2O. The standard InChI is InChI=1S/C18H22N2O/c1-13-10-16(17-7-3-4-8-18(17)19-13)12-20-9-5-6-15(11-20)14(2)21/h3-4,7-8,10,15H,5-6,9,11-12H2,1-2H3. The van der Waals surface area contributed by atoms with Crippen LogP contribution in [0, 0.1) is 12.8 Å². The maximum Gasteiger partial charge on any atom is 0.134 e. The van der Waals surface area contributed by atoms with E-state index < -0.39 is 0 Å². The highest BCUT2D eigenvalue weighted by atomic mass is 16.1. The van der Waals surface area contributed by atoms with Crippen LogP contribution in [0.25, 0.3) is 10.9 Å². The van der Waals surface area contributed by atoms with Crippen molar-refractivity contribution < 1.29 is 4.79 Å². The summed E-state index contributed by atoms with van der Waals surface area (Å²) in [6.45, 7) is 6.66. The molecule has 2 aromatic rings. The van der Waals surface area contributed by atoms with Crippen molar-refractivity contribution in [2.75, 3.05) is 13.1 Å². The van der Waals surface area contributed by atoms with Crippen molar-refractivity contribution in [1.29, 1.82) is 0 Å². The third-order valence-corrected chi connectivity index (χ3v) is 4.40. The predicted molar refractivity (Wildman–Crippen MR) is 85.2 cm³/mol. The molecule has 1 aliphatic heterocycles. The summed E-state index contributed by atoms with van der Waals surface area (Å²) in [4.78, 5) is 18.6. The third-order valence-electron chi connectivity index (χ3n) is 4.40. The van der Waals surface area contributed by atoms with Crippen LogP contribution in [0.1, 0.15) is 31.0 Å². The highest BCUT2D eigenvalue weighted by molar-refractivity contribution is 5.82. The van der Waals surface area contributed by atoms with Crippen LogP contribution in [0.2, 0.25) is 0 Å². The maximum atomic E-state index is 11.6. The molecule has 1 saturated heterocycles. The van der Waals surface area contributed by atoms with Gasteiger partial charge in [0.1, 0.15) is 5.78 Å². The Morgan fingerprint density at radius 1 is 1.38 bits per heavy atom. The Labute approximate surface area is 126 Å². The topological polar surface area (TPSA) is 33.2 Å². The van der Waals surface area contributed by atoms with Crippen molar-refractivity contribution >= 4 is 16.7 Å². The molecule has 110 valence electrons. The molecule has 2 heterocycles. The number of nitrogens with zero attached hydrogens (tertiary/aromatic N) is 2. The van der Waals surface area contributed by atoms with Crippen molar-refractivity contribution in [2.45, 2.75) is 33.2 Å². The van der Waals surface area contributed by atoms with E-state index in [-0.39, 0.29) is 5.92 Å². The van der Waals surface area contributed by atoms with E-state index in [0.717, 1.165) is 43.7 Å². The summed E-state index contributed by atoms with van der Waals surface area (Å²) < 4.78 is 0. The lowest BCUT2D eigenvalue weighted by molar-refractivity contribution is -0.122. The minimum Gasteiger partial charge on any atom is -0.300 e. The molecule has 0 amide bonds. The van der Waals surface area contributed by atoms with Crippen LogP contribution in [0.5, 0.6) is 0 Å². The zero-order valence-corrected chi connectivity index (χ0v) is 12.8. The van der Waals surface area contributed by atoms with Crippen molar-refractivity contribution in [3.8, 4) is 0 Å². The average Bonchev–Trinajstić information content (AvgIpc) is 2.47. The molecule has 3 rings (SSSR count). The predicted octanol–water partition coefficient (Wildman–Crippen LogP) is 3.34. The summed E-state index contributed by atoms with van der Waals surface area (Å²) in [5.74, 6) is 0.545. The summed E-state index contributed by atoms with van der Waals surface area (Å²) in [6, 6.07) is 10.5. The van der Waals surface area contributed by atoms with Gasteiger partial charge in [-0.3, -0.25) is 14.7 Å². The van der Waals surface area contributed by atoms with E-state index in [1.165, 1.54) is 10.9 Å². The van der Waals surface area contributed by atoms with Gasteiger partial charge in [-0.1, -0.05) is 18.2 Å². The molecule has 1 unspecified atom stereocenters. The number of benzene rings is 1. The number of rotatable bonds is 3. The van der Waals surface area contributed by atoms with Crippen molar-refractivity contribution in [3.63, 3.8) is 0 Å². The number of aromatic nitrogens is 1. The van der Waals surface area contributed by atoms with E-state index in [4.69, 9.17) is 0 Å². The molecule has 0 radical (unpaired) electrons. The Balaban J connectivity index is 1.86. The van der Waals surface area contributed by atoms with E-state index in [0.29, 0.717) is 5.78 Å². The number of ketones is 1. The minimum atomic E-state index is 0.216. The van der Waals surface area contributed by atoms with Gasteiger partial charge in [0.15, 0.2) is 0 Å². The fourth-order valence-electron chi connectivity index (χ4n) is 3.30. The highest BCUT2D eigenvalue weighted by Crippen LogP contribution is 2.23. The van der Waals surface area contributed by atoms with Crippen molar-refractivity contribution in [1.82, 2.24) is 9.88 Å². The fourth-order valence-corrected chi connectivity index (χ4v) is 3.30. The number of hydrogen-bond donors (Lipinski definition) is 0. The molecule has 1 fully saturated rings. The van der Waals surface area contributed by atoms with Crippen molar-refractivity contribution in [3.05, 3.63) is 41.6 Å². The van der Waals surface area contributed by atoms with Crippen LogP contribution < -0.4 is 0 Å². The number of pyridine rings is 1. The fraction of sp³-hybridized carbons (Fsp3) is 0.444. The minimum absolute atomic E-state index is 0.216. The second-order valence-electron chi connectivity index (χ2n) is 6.12. The first-order chi connectivity index (χ1) is 10.1. The van der Waals surface area contributed by atoms with Crippen LogP contribution >= 0.6 is 0 Å². The molecule has 0 spiro atoms. The lowest BCUT2D eigenvalue weighted by Gasteiger charge is -2.31. The molecule has 1 aromatic heterocycles. The summed E-state index contributed by atoms with van der Waals surface area (Å²) in [7, 11) is 0. The smallest absolute Gasteiger partial charge is 0.134 e. The molecule has 21 heavy (non-hydrogen) atoms. The molecule has 0 aliphatic carbocycles. The normalized spacial score (nSPS) is 19.8. The third kappa shape index (κ3) is 3.13. The van der Waals surface area contributed by atoms with Gasteiger partial charge >= 0.3 is 0 Å². The Morgan fingerprint density at radius 3 is 3.00 bits per heavy atom. The summed E-state index contributed by atoms with van der Waals surface area (Å²) in [5, 5.41) is 1.23. The molecular weight excluding hydrogens is 260 g/mol. The van der Waals surface area contributed by atoms with Gasteiger partial charge < -0.3 is 0 Å². The largest absolute Gasteiger partial charge is 0.300 e. The number of para-hydroxylation sites is 1. The first kappa shape index (κ1) is 14.2. The second kappa shape index (κ2) is 5.94. The molecule has 1 aromatic carbocycles. The van der Waals surface area contributed by atoms with Gasteiger partial charge in [0.25, 0.3) is 0 Å². The maximum absolute atomic E-state index is 11.6. The summed E-state index contributed by atoms with van der Waals surface area (Å²) >= 11 is 0. The Kier molecular flexibility index (Phi) is 4.02. The van der Waals surface area contributed by atoms with E-state index >= 15 is 0 Å². The first-order valence-electron chi connectivity index (χ1n) is 7.71. The average molecular weight is 282 g/mol. The number of piperidine rings is 1. The Bertz CT molecular complexity index is 665. The Hall–Kier alpha value is -1.74. The van der Waals surface area contributed by atoms with E-state index in [9.17, 15) is 4.79 Å². The van der Waals surface area contributed by atoms with Gasteiger partial charge in [0, 0.05) is 30.1 Å². The van der Waals surface area contributed by atoms with Crippen LogP contribution in [-0.4, -0.2) is 28.8 Å². The van der Waals surface area contributed by atoms with Crippen molar-refractivity contribution in [2.24, 2.45) is 5.92 Å². The molecule has 3 nitrogen and oxygen atoms in total. The highest BCUT2D eigenvalue weighted by Gasteiger charge is 2.23. The molecule has 0 bridgehead atoms. The number of Topliss-reactive ketones (excluding diaryl/α,β-unsaturated/α-hetero) is 1. The summed E-state index contributed by atoms with van der Waals surface area (Å²) in [6.07, 6.45) is 2.16. The number of carbonyl (C=O) groups excluding carboxylic acids is 1. The van der Waals surface area contributed by atoms with Crippen LogP contribution in [0.15, 0.2) is 30.3 Å². The van der Waals surface area contributed by atoms with Gasteiger partial charge in [0.2, 0.25) is 0 Å². The number of aryl methyl sites for hydroxylation is 1. The lowest BCUT2D eigenvalue weighted by Crippen LogP contribution is -2.37. The van der Waals surface area contributed by atoms with Gasteiger partial charge in [-0.15, -0.1) is 0 Å². The van der Waals surface area contributed by atoms with Crippen LogP contribution in [0.3, 0.4) is 0 Å². The van der Waals surface area contributed by atoms with E-state index in [1.807, 2.05) is 13.0 Å². The molecule has 3 heteroatoms. The summed E-state index contributed by atoms with van der Waals surface area (Å²) in [5.41, 5.74) is 3.44. The molecule has 1 atom stereocenters. The zero-order valence-electron chi connectivity index (χ0n) is 12.8. The van der Waals surface area contributed by atoms with Gasteiger partial charge in [-0.05, 0) is 50.9 Å². The van der Waals surface area contributed by atoms with Gasteiger partial charge in [-0.25, -0.2) is 0 Å². The number of fused-ring (bicyclic) bond motifs is 1. The quantitative estimate of drug-likeness (QED) is 0.865. The number of likely N-dealkylation sites (tertiary alicyclic amines) is 1. The Morgan fingerprint density at radius 2 is 2.19 bits per heavy atom. The van der Waals surface area contributed by atoms with Crippen LogP contribution in [0.4, 0.5) is 0 Å². The lowest BCUT2D eigenvalue weighted by atomic mass is 9.94. The molecule has 0 N–H and O–H groups in total.